The number of hydrogen-bond acceptors (Lipinski definition) is 2. The zero-order valence-electron chi connectivity index (χ0n) is 15.0. The zero-order chi connectivity index (χ0) is 18.4. The van der Waals surface area contributed by atoms with E-state index in [1.165, 1.54) is 12.1 Å². The van der Waals surface area contributed by atoms with Crippen molar-refractivity contribution in [1.82, 2.24) is 5.32 Å². The van der Waals surface area contributed by atoms with E-state index >= 15 is 0 Å². The molecule has 0 fully saturated rings. The highest BCUT2D eigenvalue weighted by molar-refractivity contribution is 5.87. The van der Waals surface area contributed by atoms with Crippen molar-refractivity contribution >= 4 is 5.91 Å². The Bertz CT molecular complexity index is 681. The number of halogens is 1. The summed E-state index contributed by atoms with van der Waals surface area (Å²) < 4.78 is 13.1. The van der Waals surface area contributed by atoms with E-state index in [2.05, 4.69) is 5.32 Å². The van der Waals surface area contributed by atoms with Gasteiger partial charge in [0.25, 0.3) is 0 Å². The highest BCUT2D eigenvalue weighted by Gasteiger charge is 2.30. The first kappa shape index (κ1) is 19.1. The van der Waals surface area contributed by atoms with Crippen LogP contribution >= 0.6 is 0 Å². The lowest BCUT2D eigenvalue weighted by Gasteiger charge is -2.26. The molecule has 2 unspecified atom stereocenters. The van der Waals surface area contributed by atoms with Gasteiger partial charge < -0.3 is 10.4 Å². The molecule has 0 saturated heterocycles. The number of rotatable bonds is 7. The van der Waals surface area contributed by atoms with Crippen molar-refractivity contribution in [3.8, 4) is 0 Å². The van der Waals surface area contributed by atoms with Gasteiger partial charge in [0, 0.05) is 12.5 Å². The summed E-state index contributed by atoms with van der Waals surface area (Å²) in [6.07, 6.45) is 0.119. The maximum Gasteiger partial charge on any atom is 0.230 e. The quantitative estimate of drug-likeness (QED) is 0.804. The van der Waals surface area contributed by atoms with Gasteiger partial charge in [-0.2, -0.15) is 0 Å². The molecule has 0 radical (unpaired) electrons. The van der Waals surface area contributed by atoms with Crippen molar-refractivity contribution in [1.29, 1.82) is 0 Å². The fourth-order valence-electron chi connectivity index (χ4n) is 2.91. The monoisotopic (exact) mass is 343 g/mol. The molecule has 134 valence electrons. The van der Waals surface area contributed by atoms with Crippen LogP contribution in [0.4, 0.5) is 4.39 Å². The first-order valence-corrected chi connectivity index (χ1v) is 8.58. The molecule has 2 aromatic rings. The van der Waals surface area contributed by atoms with Crippen LogP contribution < -0.4 is 5.32 Å². The van der Waals surface area contributed by atoms with Crippen LogP contribution in [0.15, 0.2) is 54.6 Å². The number of nitrogens with one attached hydrogen (secondary N) is 1. The van der Waals surface area contributed by atoms with Gasteiger partial charge in [-0.25, -0.2) is 4.39 Å². The number of aliphatic hydroxyl groups excluding tert-OH is 1. The van der Waals surface area contributed by atoms with E-state index in [9.17, 15) is 14.3 Å². The summed E-state index contributed by atoms with van der Waals surface area (Å²) >= 11 is 0. The van der Waals surface area contributed by atoms with Gasteiger partial charge >= 0.3 is 0 Å². The summed E-state index contributed by atoms with van der Waals surface area (Å²) in [6, 6.07) is 15.9. The van der Waals surface area contributed by atoms with E-state index in [1.54, 1.807) is 19.1 Å². The van der Waals surface area contributed by atoms with Gasteiger partial charge in [-0.1, -0.05) is 42.5 Å². The third-order valence-electron chi connectivity index (χ3n) is 4.54. The van der Waals surface area contributed by atoms with Gasteiger partial charge in [-0.3, -0.25) is 4.79 Å². The number of benzene rings is 2. The van der Waals surface area contributed by atoms with Crippen LogP contribution in [0.5, 0.6) is 0 Å². The van der Waals surface area contributed by atoms with E-state index in [4.69, 9.17) is 0 Å². The number of carbonyl (C=O) groups is 1. The van der Waals surface area contributed by atoms with E-state index in [0.29, 0.717) is 13.0 Å². The second-order valence-electron chi connectivity index (χ2n) is 7.03. The molecule has 25 heavy (non-hydrogen) atoms. The molecule has 0 heterocycles. The van der Waals surface area contributed by atoms with Crippen molar-refractivity contribution in [3.05, 3.63) is 71.5 Å². The molecule has 0 spiro atoms. The van der Waals surface area contributed by atoms with Crippen molar-refractivity contribution in [2.24, 2.45) is 0 Å². The smallest absolute Gasteiger partial charge is 0.230 e. The summed E-state index contributed by atoms with van der Waals surface area (Å²) in [5, 5.41) is 12.8. The summed E-state index contributed by atoms with van der Waals surface area (Å²) in [6.45, 7) is 5.84. The van der Waals surface area contributed by atoms with Gasteiger partial charge in [-0.15, -0.1) is 0 Å². The minimum atomic E-state index is -0.764. The second kappa shape index (κ2) is 8.26. The summed E-state index contributed by atoms with van der Waals surface area (Å²) in [4.78, 5) is 12.7. The number of aliphatic hydroxyl groups is 1. The minimum Gasteiger partial charge on any atom is -0.393 e. The molecule has 4 heteroatoms. The Labute approximate surface area is 148 Å². The molecule has 0 aromatic heterocycles. The van der Waals surface area contributed by atoms with Gasteiger partial charge in [0.05, 0.1) is 11.5 Å². The van der Waals surface area contributed by atoms with Crippen LogP contribution in [0.1, 0.15) is 44.2 Å². The highest BCUT2D eigenvalue weighted by atomic mass is 19.1. The third kappa shape index (κ3) is 5.13. The first-order valence-electron chi connectivity index (χ1n) is 8.58. The summed E-state index contributed by atoms with van der Waals surface area (Å²) in [5.41, 5.74) is 1.08. The van der Waals surface area contributed by atoms with Gasteiger partial charge in [0.2, 0.25) is 5.91 Å². The lowest BCUT2D eigenvalue weighted by molar-refractivity contribution is -0.125. The molecule has 0 aliphatic rings. The maximum absolute atomic E-state index is 13.1. The normalized spacial score (nSPS) is 14.0. The Morgan fingerprint density at radius 1 is 1.12 bits per heavy atom. The molecule has 2 rings (SSSR count). The topological polar surface area (TPSA) is 49.3 Å². The Hall–Kier alpha value is -2.20. The largest absolute Gasteiger partial charge is 0.393 e. The fraction of sp³-hybridized carbons (Fsp3) is 0.381. The molecule has 2 atom stereocenters. The molecule has 3 nitrogen and oxygen atoms in total. The minimum absolute atomic E-state index is 0.0363. The Morgan fingerprint density at radius 3 is 2.28 bits per heavy atom. The molecular formula is C21H26FNO2. The van der Waals surface area contributed by atoms with E-state index < -0.39 is 11.5 Å². The van der Waals surface area contributed by atoms with Crippen LogP contribution in [0, 0.1) is 5.82 Å². The summed E-state index contributed by atoms with van der Waals surface area (Å²) in [7, 11) is 0. The molecule has 0 saturated carbocycles. The lowest BCUT2D eigenvalue weighted by Crippen LogP contribution is -2.42. The van der Waals surface area contributed by atoms with Crippen LogP contribution in [-0.4, -0.2) is 23.7 Å². The molecule has 0 aliphatic carbocycles. The van der Waals surface area contributed by atoms with Crippen LogP contribution in [0.2, 0.25) is 0 Å². The fourth-order valence-corrected chi connectivity index (χ4v) is 2.91. The molecule has 2 N–H and O–H groups in total. The highest BCUT2D eigenvalue weighted by Crippen LogP contribution is 2.25. The van der Waals surface area contributed by atoms with Gasteiger partial charge in [0.15, 0.2) is 0 Å². The number of carbonyl (C=O) groups excluding carboxylic acids is 1. The molecule has 2 aromatic carbocycles. The van der Waals surface area contributed by atoms with Crippen molar-refractivity contribution < 1.29 is 14.3 Å². The number of hydrogen-bond donors (Lipinski definition) is 2. The molecule has 0 aliphatic heterocycles. The summed E-state index contributed by atoms with van der Waals surface area (Å²) in [5.74, 6) is -0.402. The lowest BCUT2D eigenvalue weighted by atomic mass is 9.83. The predicted molar refractivity (Wildman–Crippen MR) is 97.9 cm³/mol. The van der Waals surface area contributed by atoms with Crippen molar-refractivity contribution in [2.75, 3.05) is 6.54 Å². The average Bonchev–Trinajstić information content (AvgIpc) is 2.59. The predicted octanol–water partition coefficient (Wildman–Crippen LogP) is 3.77. The molecular weight excluding hydrogens is 317 g/mol. The van der Waals surface area contributed by atoms with E-state index in [-0.39, 0.29) is 17.6 Å². The Kier molecular flexibility index (Phi) is 6.32. The van der Waals surface area contributed by atoms with E-state index in [0.717, 1.165) is 11.1 Å². The average molecular weight is 343 g/mol. The third-order valence-corrected chi connectivity index (χ3v) is 4.54. The van der Waals surface area contributed by atoms with Crippen LogP contribution in [0.3, 0.4) is 0 Å². The standard InChI is InChI=1S/C21H26FNO2/c1-15(24)13-17(16-7-5-4-6-8-16)14-23-20(25)21(2,3)18-9-11-19(22)12-10-18/h4-12,15,17,24H,13-14H2,1-3H3,(H,23,25). The van der Waals surface area contributed by atoms with Gasteiger partial charge in [-0.05, 0) is 50.5 Å². The van der Waals surface area contributed by atoms with Crippen molar-refractivity contribution in [3.63, 3.8) is 0 Å². The second-order valence-corrected chi connectivity index (χ2v) is 7.03. The van der Waals surface area contributed by atoms with Crippen LogP contribution in [-0.2, 0) is 10.2 Å². The van der Waals surface area contributed by atoms with E-state index in [1.807, 2.05) is 44.2 Å². The zero-order valence-corrected chi connectivity index (χ0v) is 15.0. The first-order chi connectivity index (χ1) is 11.8. The number of amides is 1. The molecule has 0 bridgehead atoms. The van der Waals surface area contributed by atoms with Crippen molar-refractivity contribution in [2.45, 2.75) is 44.6 Å². The van der Waals surface area contributed by atoms with Crippen LogP contribution in [0.25, 0.3) is 0 Å². The SMILES string of the molecule is CC(O)CC(CNC(=O)C(C)(C)c1ccc(F)cc1)c1ccccc1. The molecule has 1 amide bonds. The Balaban J connectivity index is 2.08. The van der Waals surface area contributed by atoms with Gasteiger partial charge in [0.1, 0.15) is 5.82 Å². The Morgan fingerprint density at radius 2 is 1.72 bits per heavy atom. The maximum atomic E-state index is 13.1.